The molecule has 5 aromatic rings. The molecular weight excluding hydrogens is 925 g/mol. The zero-order valence-electron chi connectivity index (χ0n) is 43.1. The van der Waals surface area contributed by atoms with Crippen molar-refractivity contribution in [2.24, 2.45) is 11.8 Å². The molecule has 5 aromatic carbocycles. The first-order valence-corrected chi connectivity index (χ1v) is 25.9. The smallest absolute Gasteiger partial charge is 0.408 e. The third-order valence-electron chi connectivity index (χ3n) is 11.9. The van der Waals surface area contributed by atoms with Gasteiger partial charge in [0.2, 0.25) is 5.91 Å². The molecule has 12 heteroatoms. The fraction of sp³-hybridized carbons (Fsp3) is 0.400. The maximum absolute atomic E-state index is 14.9. The second-order valence-electron chi connectivity index (χ2n) is 20.3. The lowest BCUT2D eigenvalue weighted by molar-refractivity contribution is -0.157. The summed E-state index contributed by atoms with van der Waals surface area (Å²) >= 11 is 1.44. The van der Waals surface area contributed by atoms with E-state index in [2.05, 4.69) is 17.6 Å². The van der Waals surface area contributed by atoms with Gasteiger partial charge >= 0.3 is 18.0 Å². The molecule has 0 aromatic heterocycles. The molecule has 0 radical (unpaired) electrons. The van der Waals surface area contributed by atoms with Crippen LogP contribution in [0.4, 0.5) is 4.79 Å². The van der Waals surface area contributed by atoms with Crippen LogP contribution in [-0.4, -0.2) is 64.5 Å². The van der Waals surface area contributed by atoms with E-state index in [4.69, 9.17) is 14.2 Å². The molecule has 4 atom stereocenters. The van der Waals surface area contributed by atoms with E-state index in [0.717, 1.165) is 46.2 Å². The largest absolute Gasteiger partial charge is 0.460 e. The predicted octanol–water partition coefficient (Wildman–Crippen LogP) is 11.3. The molecule has 2 amide bonds. The van der Waals surface area contributed by atoms with Crippen molar-refractivity contribution in [1.29, 1.82) is 0 Å². The van der Waals surface area contributed by atoms with E-state index in [1.165, 1.54) is 11.8 Å². The predicted molar refractivity (Wildman–Crippen MR) is 284 cm³/mol. The van der Waals surface area contributed by atoms with Gasteiger partial charge in [-0.15, -0.1) is 11.8 Å². The van der Waals surface area contributed by atoms with Crippen LogP contribution in [0.1, 0.15) is 121 Å². The molecule has 0 aliphatic heterocycles. The van der Waals surface area contributed by atoms with Gasteiger partial charge in [-0.1, -0.05) is 166 Å². The molecule has 2 N–H and O–H groups in total. The lowest BCUT2D eigenvalue weighted by Crippen LogP contribution is -2.49. The minimum atomic E-state index is -1.36. The number of hydrogen-bond acceptors (Lipinski definition) is 10. The van der Waals surface area contributed by atoms with Crippen LogP contribution in [0.5, 0.6) is 0 Å². The van der Waals surface area contributed by atoms with Crippen LogP contribution >= 0.6 is 11.8 Å². The number of ether oxygens (including phenoxy) is 3. The molecular formula is C60H72N2O9S. The number of hydrogen-bond donors (Lipinski definition) is 2. The highest BCUT2D eigenvalue weighted by molar-refractivity contribution is 8.00. The van der Waals surface area contributed by atoms with Crippen molar-refractivity contribution in [3.8, 4) is 0 Å². The third kappa shape index (κ3) is 17.6. The van der Waals surface area contributed by atoms with Crippen LogP contribution in [0, 0.1) is 11.8 Å². The van der Waals surface area contributed by atoms with Crippen molar-refractivity contribution in [3.63, 3.8) is 0 Å². The van der Waals surface area contributed by atoms with E-state index in [0.29, 0.717) is 6.42 Å². The fourth-order valence-corrected chi connectivity index (χ4v) is 9.93. The first-order valence-electron chi connectivity index (χ1n) is 24.9. The normalized spacial score (nSPS) is 13.4. The summed E-state index contributed by atoms with van der Waals surface area (Å²) < 4.78 is 16.3. The van der Waals surface area contributed by atoms with Crippen molar-refractivity contribution in [2.75, 3.05) is 5.75 Å². The number of Topliss-reactive ketones (excluding diaryl/α,β-unsaturated/α-hetero) is 2. The molecule has 0 bridgehead atoms. The second-order valence-corrected chi connectivity index (χ2v) is 21.5. The second kappa shape index (κ2) is 26.8. The number of nitrogens with one attached hydrogen (secondary N) is 2. The van der Waals surface area contributed by atoms with E-state index in [-0.39, 0.29) is 36.9 Å². The highest BCUT2D eigenvalue weighted by Crippen LogP contribution is 2.48. The van der Waals surface area contributed by atoms with E-state index >= 15 is 0 Å². The van der Waals surface area contributed by atoms with Crippen LogP contribution in [0.3, 0.4) is 0 Å². The van der Waals surface area contributed by atoms with Crippen LogP contribution in [0.25, 0.3) is 0 Å². The first-order chi connectivity index (χ1) is 34.3. The van der Waals surface area contributed by atoms with Gasteiger partial charge in [0.05, 0.1) is 23.1 Å². The molecule has 0 heterocycles. The van der Waals surface area contributed by atoms with Gasteiger partial charge in [0.1, 0.15) is 29.6 Å². The Morgan fingerprint density at radius 3 is 1.57 bits per heavy atom. The number of amides is 2. The summed E-state index contributed by atoms with van der Waals surface area (Å²) in [5, 5.41) is 5.57. The molecule has 382 valence electrons. The Morgan fingerprint density at radius 1 is 0.569 bits per heavy atom. The number of aryl methyl sites for hydroxylation is 1. The van der Waals surface area contributed by atoms with Gasteiger partial charge in [0, 0.05) is 24.5 Å². The van der Waals surface area contributed by atoms with Crippen molar-refractivity contribution < 1.29 is 43.0 Å². The fourth-order valence-electron chi connectivity index (χ4n) is 8.39. The lowest BCUT2D eigenvalue weighted by atomic mass is 9.84. The molecule has 0 spiro atoms. The summed E-state index contributed by atoms with van der Waals surface area (Å²) in [5.74, 6) is -4.69. The van der Waals surface area contributed by atoms with Crippen LogP contribution in [0.15, 0.2) is 146 Å². The van der Waals surface area contributed by atoms with Gasteiger partial charge in [0.25, 0.3) is 0 Å². The molecule has 0 fully saturated rings. The molecule has 72 heavy (non-hydrogen) atoms. The molecule has 0 aliphatic rings. The SMILES string of the molecule is CCCc1ccc(COC(=O)[C@H](CSC(c2ccccc2)(c2ccccc2)c2ccccc2)NC(=O)[C@H](CC(=O)OC(C)(C)C)CC(=O)[C@H](CCC(=O)[C@@H](C)Cc2ccccc2)NC(=O)OC(C)(C)C)cc1. The third-order valence-corrected chi connectivity index (χ3v) is 13.5. The van der Waals surface area contributed by atoms with Crippen LogP contribution < -0.4 is 10.6 Å². The Hall–Kier alpha value is -6.53. The Morgan fingerprint density at radius 2 is 1.07 bits per heavy atom. The lowest BCUT2D eigenvalue weighted by Gasteiger charge is -2.36. The number of rotatable bonds is 25. The van der Waals surface area contributed by atoms with Gasteiger partial charge in [-0.25, -0.2) is 9.59 Å². The van der Waals surface area contributed by atoms with Crippen molar-refractivity contribution in [3.05, 3.63) is 179 Å². The number of carbonyl (C=O) groups excluding carboxylic acids is 6. The van der Waals surface area contributed by atoms with Gasteiger partial charge in [0.15, 0.2) is 5.78 Å². The number of benzene rings is 5. The van der Waals surface area contributed by atoms with Gasteiger partial charge in [-0.05, 0) is 94.2 Å². The Kier molecular flexibility index (Phi) is 21.0. The monoisotopic (exact) mass is 996 g/mol. The van der Waals surface area contributed by atoms with E-state index in [9.17, 15) is 28.8 Å². The summed E-state index contributed by atoms with van der Waals surface area (Å²) in [5.41, 5.74) is 3.88. The average Bonchev–Trinajstić information content (AvgIpc) is 3.34. The zero-order chi connectivity index (χ0) is 52.3. The molecule has 0 saturated heterocycles. The highest BCUT2D eigenvalue weighted by Gasteiger charge is 2.40. The minimum absolute atomic E-state index is 0.00208. The molecule has 5 rings (SSSR count). The topological polar surface area (TPSA) is 154 Å². The quantitative estimate of drug-likeness (QED) is 0.0328. The number of alkyl carbamates (subject to hydrolysis) is 1. The van der Waals surface area contributed by atoms with E-state index < -0.39 is 76.5 Å². The highest BCUT2D eigenvalue weighted by atomic mass is 32.2. The van der Waals surface area contributed by atoms with Crippen molar-refractivity contribution in [2.45, 2.75) is 135 Å². The van der Waals surface area contributed by atoms with E-state index in [1.54, 1.807) is 41.5 Å². The van der Waals surface area contributed by atoms with E-state index in [1.807, 2.05) is 153 Å². The number of ketones is 2. The van der Waals surface area contributed by atoms with Gasteiger partial charge in [-0.2, -0.15) is 0 Å². The Labute approximate surface area is 430 Å². The summed E-state index contributed by atoms with van der Waals surface area (Å²) in [6.45, 7) is 14.0. The number of esters is 2. The summed E-state index contributed by atoms with van der Waals surface area (Å²) in [4.78, 5) is 84.5. The summed E-state index contributed by atoms with van der Waals surface area (Å²) in [6.07, 6.45) is 0.309. The first kappa shape index (κ1) is 56.4. The number of carbonyl (C=O) groups is 6. The molecule has 0 saturated carbocycles. The summed E-state index contributed by atoms with van der Waals surface area (Å²) in [7, 11) is 0. The van der Waals surface area contributed by atoms with Gasteiger partial charge < -0.3 is 24.8 Å². The van der Waals surface area contributed by atoms with Crippen molar-refractivity contribution >= 4 is 47.3 Å². The summed E-state index contributed by atoms with van der Waals surface area (Å²) in [6, 6.07) is 44.6. The molecule has 0 unspecified atom stereocenters. The Bertz CT molecular complexity index is 2430. The van der Waals surface area contributed by atoms with Crippen LogP contribution in [-0.2, 0) is 62.4 Å². The molecule has 0 aliphatic carbocycles. The maximum Gasteiger partial charge on any atom is 0.408 e. The van der Waals surface area contributed by atoms with Crippen molar-refractivity contribution in [1.82, 2.24) is 10.6 Å². The zero-order valence-corrected chi connectivity index (χ0v) is 43.9. The number of thioether (sulfide) groups is 1. The standard InChI is InChI=1S/C60H72N2O9S/c1-9-22-43-31-33-45(34-32-43)40-69-56(67)51(41-72-60(47-25-16-11-17-26-47,48-27-18-12-19-28-48)49-29-20-13-21-30-49)61-55(66)46(39-54(65)70-58(3,4)5)38-53(64)50(62-57(68)71-59(6,7)8)35-36-52(63)42(2)37-44-23-14-10-15-24-44/h10-21,23-34,42,46,50-51H,9,22,35-41H2,1-8H3,(H,61,66)(H,62,68)/t42-,46-,50-,51-/m0/s1. The average molecular weight is 997 g/mol. The molecule has 11 nitrogen and oxygen atoms in total. The maximum atomic E-state index is 14.9. The minimum Gasteiger partial charge on any atom is -0.460 e. The van der Waals surface area contributed by atoms with Gasteiger partial charge in [-0.3, -0.25) is 19.2 Å². The van der Waals surface area contributed by atoms with Crippen LogP contribution in [0.2, 0.25) is 0 Å². The Balaban J connectivity index is 1.49.